The minimum absolute atomic E-state index is 0.113. The molecule has 0 aliphatic heterocycles. The molecule has 0 unspecified atom stereocenters. The van der Waals surface area contributed by atoms with Gasteiger partial charge in [0.1, 0.15) is 16.2 Å². The molecule has 0 aliphatic rings. The van der Waals surface area contributed by atoms with Gasteiger partial charge in [-0.25, -0.2) is 4.79 Å². The molecule has 1 heterocycles. The van der Waals surface area contributed by atoms with Crippen LogP contribution in [0.4, 0.5) is 11.6 Å². The normalized spacial score (nSPS) is 10.1. The lowest BCUT2D eigenvalue weighted by atomic mass is 10.2. The number of carboxylic acid groups (broad SMARTS) is 1. The van der Waals surface area contributed by atoms with Gasteiger partial charge in [-0.1, -0.05) is 0 Å². The highest BCUT2D eigenvalue weighted by molar-refractivity contribution is 6.03. The number of phenols is 1. The maximum absolute atomic E-state index is 11.8. The van der Waals surface area contributed by atoms with Gasteiger partial charge in [0.15, 0.2) is 5.76 Å². The van der Waals surface area contributed by atoms with Crippen molar-refractivity contribution in [1.29, 1.82) is 0 Å². The number of benzene rings is 1. The Balaban J connectivity index is 2.17. The molecule has 9 heteroatoms. The Morgan fingerprint density at radius 3 is 2.48 bits per heavy atom. The van der Waals surface area contributed by atoms with E-state index in [1.54, 1.807) is 0 Å². The van der Waals surface area contributed by atoms with Gasteiger partial charge in [0, 0.05) is 11.8 Å². The predicted octanol–water partition coefficient (Wildman–Crippen LogP) is 1.84. The number of carbonyl (C=O) groups excluding carboxylic acids is 1. The number of rotatable bonds is 4. The summed E-state index contributed by atoms with van der Waals surface area (Å²) in [6.45, 7) is 0. The number of anilines is 1. The number of nitrogens with one attached hydrogen (secondary N) is 1. The van der Waals surface area contributed by atoms with Crippen LogP contribution in [0.25, 0.3) is 0 Å². The summed E-state index contributed by atoms with van der Waals surface area (Å²) < 4.78 is 4.70. The molecule has 108 valence electrons. The highest BCUT2D eigenvalue weighted by atomic mass is 16.6. The van der Waals surface area contributed by atoms with Crippen molar-refractivity contribution in [3.8, 4) is 5.75 Å². The lowest BCUT2D eigenvalue weighted by Crippen LogP contribution is -2.11. The number of amides is 1. The second-order valence-corrected chi connectivity index (χ2v) is 3.89. The number of carbonyl (C=O) groups is 2. The molecule has 0 bridgehead atoms. The smallest absolute Gasteiger partial charge is 0.433 e. The molecule has 9 nitrogen and oxygen atoms in total. The molecule has 0 saturated heterocycles. The lowest BCUT2D eigenvalue weighted by Gasteiger charge is -2.05. The van der Waals surface area contributed by atoms with Gasteiger partial charge in [-0.15, -0.1) is 0 Å². The van der Waals surface area contributed by atoms with E-state index < -0.39 is 28.4 Å². The van der Waals surface area contributed by atoms with E-state index >= 15 is 0 Å². The van der Waals surface area contributed by atoms with Gasteiger partial charge in [-0.05, 0) is 18.2 Å². The topological polar surface area (TPSA) is 143 Å². The third kappa shape index (κ3) is 2.97. The number of aromatic carboxylic acids is 1. The van der Waals surface area contributed by atoms with Crippen molar-refractivity contribution in [3.63, 3.8) is 0 Å². The zero-order chi connectivity index (χ0) is 15.6. The second kappa shape index (κ2) is 5.33. The molecule has 3 N–H and O–H groups in total. The van der Waals surface area contributed by atoms with Gasteiger partial charge < -0.3 is 19.9 Å². The Morgan fingerprint density at radius 1 is 1.24 bits per heavy atom. The van der Waals surface area contributed by atoms with Crippen LogP contribution in [0.2, 0.25) is 0 Å². The third-order valence-corrected chi connectivity index (χ3v) is 2.48. The Kier molecular flexibility index (Phi) is 3.57. The monoisotopic (exact) mass is 292 g/mol. The first kappa shape index (κ1) is 14.1. The summed E-state index contributed by atoms with van der Waals surface area (Å²) in [6, 6.07) is 5.56. The minimum Gasteiger partial charge on any atom is -0.507 e. The Labute approximate surface area is 116 Å². The minimum atomic E-state index is -1.31. The van der Waals surface area contributed by atoms with Crippen molar-refractivity contribution >= 4 is 23.4 Å². The second-order valence-electron chi connectivity index (χ2n) is 3.89. The Hall–Kier alpha value is -3.36. The predicted molar refractivity (Wildman–Crippen MR) is 68.4 cm³/mol. The fourth-order valence-electron chi connectivity index (χ4n) is 1.53. The van der Waals surface area contributed by atoms with E-state index in [-0.39, 0.29) is 17.0 Å². The summed E-state index contributed by atoms with van der Waals surface area (Å²) in [5.74, 6) is -3.48. The fraction of sp³-hybridized carbons (Fsp3) is 0. The van der Waals surface area contributed by atoms with E-state index in [4.69, 9.17) is 9.52 Å². The van der Waals surface area contributed by atoms with Crippen LogP contribution in [0, 0.1) is 10.1 Å². The van der Waals surface area contributed by atoms with Crippen LogP contribution in [-0.2, 0) is 0 Å². The van der Waals surface area contributed by atoms with Gasteiger partial charge in [0.25, 0.3) is 5.91 Å². The van der Waals surface area contributed by atoms with Crippen molar-refractivity contribution in [2.75, 3.05) is 5.32 Å². The van der Waals surface area contributed by atoms with Crippen LogP contribution in [0.5, 0.6) is 5.75 Å². The summed E-state index contributed by atoms with van der Waals surface area (Å²) >= 11 is 0. The zero-order valence-electron chi connectivity index (χ0n) is 10.3. The molecular weight excluding hydrogens is 284 g/mol. The van der Waals surface area contributed by atoms with E-state index in [0.29, 0.717) is 0 Å². The molecule has 0 aliphatic carbocycles. The fourth-order valence-corrected chi connectivity index (χ4v) is 1.53. The molecule has 0 fully saturated rings. The van der Waals surface area contributed by atoms with Crippen molar-refractivity contribution in [2.45, 2.75) is 0 Å². The van der Waals surface area contributed by atoms with E-state index in [1.807, 2.05) is 0 Å². The number of furan rings is 1. The first-order chi connectivity index (χ1) is 9.88. The zero-order valence-corrected chi connectivity index (χ0v) is 10.3. The average Bonchev–Trinajstić information content (AvgIpc) is 2.88. The van der Waals surface area contributed by atoms with E-state index in [2.05, 4.69) is 5.32 Å². The first-order valence-corrected chi connectivity index (χ1v) is 5.50. The Morgan fingerprint density at radius 2 is 1.95 bits per heavy atom. The van der Waals surface area contributed by atoms with Crippen LogP contribution in [0.3, 0.4) is 0 Å². The summed E-state index contributed by atoms with van der Waals surface area (Å²) in [5.41, 5.74) is -0.205. The molecule has 1 aromatic carbocycles. The van der Waals surface area contributed by atoms with Crippen LogP contribution >= 0.6 is 0 Å². The molecule has 21 heavy (non-hydrogen) atoms. The van der Waals surface area contributed by atoms with Gasteiger partial charge in [0.2, 0.25) is 0 Å². The first-order valence-electron chi connectivity index (χ1n) is 5.50. The standard InChI is InChI=1S/C12H8N2O7/c15-8-5-6(1-2-7(8)12(17)18)13-11(16)9-3-4-10(21-9)14(19)20/h1-5,15H,(H,13,16)(H,17,18). The van der Waals surface area contributed by atoms with Crippen molar-refractivity contribution in [3.05, 3.63) is 51.8 Å². The van der Waals surface area contributed by atoms with Crippen LogP contribution in [0.1, 0.15) is 20.9 Å². The van der Waals surface area contributed by atoms with E-state index in [1.165, 1.54) is 6.07 Å². The number of aromatic hydroxyl groups is 1. The molecule has 1 aromatic heterocycles. The molecule has 2 rings (SSSR count). The van der Waals surface area contributed by atoms with Crippen LogP contribution < -0.4 is 5.32 Å². The highest BCUT2D eigenvalue weighted by Gasteiger charge is 2.18. The SMILES string of the molecule is O=C(Nc1ccc(C(=O)O)c(O)c1)c1ccc([N+](=O)[O-])o1. The Bertz CT molecular complexity index is 735. The molecule has 0 spiro atoms. The molecule has 1 amide bonds. The molecule has 0 radical (unpaired) electrons. The third-order valence-electron chi connectivity index (χ3n) is 2.48. The lowest BCUT2D eigenvalue weighted by molar-refractivity contribution is -0.402. The number of nitrogens with zero attached hydrogens (tertiary/aromatic N) is 1. The van der Waals surface area contributed by atoms with Gasteiger partial charge >= 0.3 is 11.9 Å². The van der Waals surface area contributed by atoms with Gasteiger partial charge in [-0.3, -0.25) is 14.9 Å². The average molecular weight is 292 g/mol. The highest BCUT2D eigenvalue weighted by Crippen LogP contribution is 2.23. The summed E-state index contributed by atoms with van der Waals surface area (Å²) in [4.78, 5) is 32.1. The largest absolute Gasteiger partial charge is 0.507 e. The van der Waals surface area contributed by atoms with E-state index in [9.17, 15) is 24.8 Å². The van der Waals surface area contributed by atoms with Crippen molar-refractivity contribution < 1.29 is 29.1 Å². The number of hydrogen-bond acceptors (Lipinski definition) is 6. The maximum atomic E-state index is 11.8. The number of nitro groups is 1. The summed E-state index contributed by atoms with van der Waals surface area (Å²) in [5, 5.41) is 31.0. The summed E-state index contributed by atoms with van der Waals surface area (Å²) in [7, 11) is 0. The van der Waals surface area contributed by atoms with Gasteiger partial charge in [-0.2, -0.15) is 0 Å². The molecular formula is C12H8N2O7. The van der Waals surface area contributed by atoms with Crippen LogP contribution in [0.15, 0.2) is 34.7 Å². The van der Waals surface area contributed by atoms with Crippen LogP contribution in [-0.4, -0.2) is 27.0 Å². The maximum Gasteiger partial charge on any atom is 0.433 e. The van der Waals surface area contributed by atoms with E-state index in [0.717, 1.165) is 24.3 Å². The van der Waals surface area contributed by atoms with Crippen molar-refractivity contribution in [1.82, 2.24) is 0 Å². The molecule has 0 atom stereocenters. The summed E-state index contributed by atoms with van der Waals surface area (Å²) in [6.07, 6.45) is 0. The number of carboxylic acids is 1. The van der Waals surface area contributed by atoms with Crippen molar-refractivity contribution in [2.24, 2.45) is 0 Å². The number of hydrogen-bond donors (Lipinski definition) is 3. The quantitative estimate of drug-likeness (QED) is 0.576. The molecule has 2 aromatic rings. The molecule has 0 saturated carbocycles. The van der Waals surface area contributed by atoms with Gasteiger partial charge in [0.05, 0.1) is 6.07 Å².